The van der Waals surface area contributed by atoms with Crippen LogP contribution < -0.4 is 10.9 Å². The molecule has 3 aromatic rings. The van der Waals surface area contributed by atoms with Crippen LogP contribution >= 0.6 is 11.6 Å². The number of carbonyl (C=O) groups excluding carboxylic acids is 1. The lowest BCUT2D eigenvalue weighted by atomic mass is 10.2. The summed E-state index contributed by atoms with van der Waals surface area (Å²) in [6, 6.07) is 10.9. The Kier molecular flexibility index (Phi) is 6.82. The van der Waals surface area contributed by atoms with Gasteiger partial charge in [0.15, 0.2) is 0 Å². The van der Waals surface area contributed by atoms with E-state index in [1.165, 1.54) is 0 Å². The summed E-state index contributed by atoms with van der Waals surface area (Å²) in [4.78, 5) is 29.0. The first-order valence-electron chi connectivity index (χ1n) is 9.52. The third-order valence-corrected chi connectivity index (χ3v) is 4.77. The minimum absolute atomic E-state index is 0.125. The summed E-state index contributed by atoms with van der Waals surface area (Å²) in [5.41, 5.74) is 2.11. The molecule has 0 aliphatic rings. The van der Waals surface area contributed by atoms with E-state index in [1.54, 1.807) is 22.8 Å². The van der Waals surface area contributed by atoms with E-state index < -0.39 is 0 Å². The zero-order valence-electron chi connectivity index (χ0n) is 16.4. The van der Waals surface area contributed by atoms with Gasteiger partial charge in [0, 0.05) is 36.6 Å². The molecule has 0 spiro atoms. The molecule has 0 atom stereocenters. The highest BCUT2D eigenvalue weighted by Gasteiger charge is 2.15. The molecule has 2 aromatic heterocycles. The molecule has 0 bridgehead atoms. The van der Waals surface area contributed by atoms with Gasteiger partial charge in [0.05, 0.1) is 5.56 Å². The Bertz CT molecular complexity index is 1040. The third kappa shape index (κ3) is 5.32. The summed E-state index contributed by atoms with van der Waals surface area (Å²) < 4.78 is 6.93. The Balaban J connectivity index is 1.59. The van der Waals surface area contributed by atoms with Gasteiger partial charge in [-0.25, -0.2) is 0 Å². The first-order chi connectivity index (χ1) is 14.0. The number of benzene rings is 1. The zero-order valence-corrected chi connectivity index (χ0v) is 17.2. The fourth-order valence-corrected chi connectivity index (χ4v) is 3.05. The Morgan fingerprint density at radius 2 is 1.97 bits per heavy atom. The van der Waals surface area contributed by atoms with Crippen molar-refractivity contribution in [2.75, 3.05) is 0 Å². The number of nitrogens with one attached hydrogen (secondary N) is 1. The van der Waals surface area contributed by atoms with Crippen LogP contribution in [0.2, 0.25) is 5.02 Å². The number of hydrogen-bond acceptors (Lipinski definition) is 5. The molecule has 0 radical (unpaired) electrons. The maximum atomic E-state index is 12.7. The number of amides is 1. The van der Waals surface area contributed by atoms with Crippen LogP contribution in [0.5, 0.6) is 0 Å². The van der Waals surface area contributed by atoms with Gasteiger partial charge >= 0.3 is 0 Å². The molecule has 1 amide bonds. The standard InChI is InChI=1S/C21H23ClN4O3/c1-3-12-26-14(2)4-9-17(21(26)28)20-24-19(29-25-20)11-10-18(27)23-13-15-5-7-16(22)8-6-15/h4-9H,3,10-13H2,1-2H3,(H,23,27). The van der Waals surface area contributed by atoms with Crippen LogP contribution in [0.25, 0.3) is 11.4 Å². The lowest BCUT2D eigenvalue weighted by Gasteiger charge is -2.09. The maximum Gasteiger partial charge on any atom is 0.261 e. The van der Waals surface area contributed by atoms with Gasteiger partial charge < -0.3 is 14.4 Å². The number of carbonyl (C=O) groups is 1. The van der Waals surface area contributed by atoms with Gasteiger partial charge in [0.25, 0.3) is 5.56 Å². The van der Waals surface area contributed by atoms with Crippen LogP contribution in [0.1, 0.15) is 36.9 Å². The van der Waals surface area contributed by atoms with E-state index >= 15 is 0 Å². The van der Waals surface area contributed by atoms with Gasteiger partial charge in [-0.1, -0.05) is 35.8 Å². The summed E-state index contributed by atoms with van der Waals surface area (Å²) in [5.74, 6) is 0.445. The molecule has 0 saturated heterocycles. The summed E-state index contributed by atoms with van der Waals surface area (Å²) in [5, 5.41) is 7.41. The van der Waals surface area contributed by atoms with Gasteiger partial charge in [0.1, 0.15) is 0 Å². The Hall–Kier alpha value is -2.93. The van der Waals surface area contributed by atoms with Crippen molar-refractivity contribution in [3.63, 3.8) is 0 Å². The van der Waals surface area contributed by atoms with Crippen molar-refractivity contribution in [1.29, 1.82) is 0 Å². The second kappa shape index (κ2) is 9.52. The van der Waals surface area contributed by atoms with Crippen molar-refractivity contribution in [2.24, 2.45) is 0 Å². The van der Waals surface area contributed by atoms with Gasteiger partial charge in [-0.2, -0.15) is 4.98 Å². The second-order valence-corrected chi connectivity index (χ2v) is 7.20. The molecule has 0 aliphatic heterocycles. The fraction of sp³-hybridized carbons (Fsp3) is 0.333. The molecule has 8 heteroatoms. The molecule has 152 valence electrons. The van der Waals surface area contributed by atoms with E-state index in [0.29, 0.717) is 36.0 Å². The summed E-state index contributed by atoms with van der Waals surface area (Å²) in [6.07, 6.45) is 1.37. The SMILES string of the molecule is CCCn1c(C)ccc(-c2noc(CCC(=O)NCc3ccc(Cl)cc3)n2)c1=O. The average molecular weight is 415 g/mol. The number of pyridine rings is 1. The first-order valence-corrected chi connectivity index (χ1v) is 9.90. The number of halogens is 1. The van der Waals surface area contributed by atoms with Crippen LogP contribution in [0, 0.1) is 6.92 Å². The van der Waals surface area contributed by atoms with Crippen molar-refractivity contribution >= 4 is 17.5 Å². The smallest absolute Gasteiger partial charge is 0.261 e. The van der Waals surface area contributed by atoms with Crippen LogP contribution in [0.3, 0.4) is 0 Å². The van der Waals surface area contributed by atoms with Crippen molar-refractivity contribution < 1.29 is 9.32 Å². The Morgan fingerprint density at radius 3 is 2.69 bits per heavy atom. The minimum atomic E-state index is -0.139. The average Bonchev–Trinajstić information content (AvgIpc) is 3.18. The van der Waals surface area contributed by atoms with Crippen LogP contribution in [0.15, 0.2) is 45.7 Å². The van der Waals surface area contributed by atoms with Crippen molar-refractivity contribution in [3.8, 4) is 11.4 Å². The highest BCUT2D eigenvalue weighted by atomic mass is 35.5. The van der Waals surface area contributed by atoms with Crippen LogP contribution in [0.4, 0.5) is 0 Å². The molecule has 29 heavy (non-hydrogen) atoms. The molecule has 0 fully saturated rings. The van der Waals surface area contributed by atoms with Gasteiger partial charge in [-0.15, -0.1) is 0 Å². The molecule has 1 aromatic carbocycles. The van der Waals surface area contributed by atoms with Crippen molar-refractivity contribution in [3.05, 3.63) is 68.9 Å². The number of nitrogens with zero attached hydrogens (tertiary/aromatic N) is 3. The van der Waals surface area contributed by atoms with E-state index in [9.17, 15) is 9.59 Å². The fourth-order valence-electron chi connectivity index (χ4n) is 2.92. The molecule has 0 saturated carbocycles. The maximum absolute atomic E-state index is 12.7. The second-order valence-electron chi connectivity index (χ2n) is 6.76. The number of hydrogen-bond donors (Lipinski definition) is 1. The number of rotatable bonds is 8. The quantitative estimate of drug-likeness (QED) is 0.609. The summed E-state index contributed by atoms with van der Waals surface area (Å²) in [6.45, 7) is 4.97. The molecule has 2 heterocycles. The monoisotopic (exact) mass is 414 g/mol. The lowest BCUT2D eigenvalue weighted by molar-refractivity contribution is -0.121. The highest BCUT2D eigenvalue weighted by Crippen LogP contribution is 2.14. The molecule has 0 unspecified atom stereocenters. The third-order valence-electron chi connectivity index (χ3n) is 4.52. The molecule has 3 rings (SSSR count). The van der Waals surface area contributed by atoms with Crippen molar-refractivity contribution in [2.45, 2.75) is 46.2 Å². The van der Waals surface area contributed by atoms with Gasteiger partial charge in [0.2, 0.25) is 17.6 Å². The predicted molar refractivity (Wildman–Crippen MR) is 111 cm³/mol. The minimum Gasteiger partial charge on any atom is -0.352 e. The number of aryl methyl sites for hydroxylation is 2. The van der Waals surface area contributed by atoms with Crippen LogP contribution in [-0.2, 0) is 24.3 Å². The Morgan fingerprint density at radius 1 is 1.21 bits per heavy atom. The van der Waals surface area contributed by atoms with Crippen LogP contribution in [-0.4, -0.2) is 20.6 Å². The van der Waals surface area contributed by atoms with E-state index in [1.807, 2.05) is 32.0 Å². The van der Waals surface area contributed by atoms with Crippen molar-refractivity contribution in [1.82, 2.24) is 20.0 Å². The Labute approximate surface area is 173 Å². The van der Waals surface area contributed by atoms with E-state index in [-0.39, 0.29) is 23.7 Å². The normalized spacial score (nSPS) is 10.9. The summed E-state index contributed by atoms with van der Waals surface area (Å²) >= 11 is 5.85. The molecular formula is C21H23ClN4O3. The molecule has 1 N–H and O–H groups in total. The molecule has 0 aliphatic carbocycles. The highest BCUT2D eigenvalue weighted by molar-refractivity contribution is 6.30. The lowest BCUT2D eigenvalue weighted by Crippen LogP contribution is -2.23. The first kappa shape index (κ1) is 20.8. The van der Waals surface area contributed by atoms with Gasteiger partial charge in [-0.05, 0) is 43.2 Å². The van der Waals surface area contributed by atoms with E-state index in [2.05, 4.69) is 15.5 Å². The zero-order chi connectivity index (χ0) is 20.8. The summed E-state index contributed by atoms with van der Waals surface area (Å²) in [7, 11) is 0. The molecular weight excluding hydrogens is 392 g/mol. The topological polar surface area (TPSA) is 90.0 Å². The van der Waals surface area contributed by atoms with E-state index in [0.717, 1.165) is 17.7 Å². The van der Waals surface area contributed by atoms with Gasteiger partial charge in [-0.3, -0.25) is 9.59 Å². The predicted octanol–water partition coefficient (Wildman–Crippen LogP) is 3.52. The largest absolute Gasteiger partial charge is 0.352 e. The molecule has 7 nitrogen and oxygen atoms in total. The number of aromatic nitrogens is 3. The van der Waals surface area contributed by atoms with E-state index in [4.69, 9.17) is 16.1 Å².